The van der Waals surface area contributed by atoms with Gasteiger partial charge in [-0.2, -0.15) is 0 Å². The maximum Gasteiger partial charge on any atom is 0.315 e. The Balaban J connectivity index is 0.00000243. The summed E-state index contributed by atoms with van der Waals surface area (Å²) in [5, 5.41) is 8.69. The van der Waals surface area contributed by atoms with Gasteiger partial charge in [0.15, 0.2) is 0 Å². The third-order valence-corrected chi connectivity index (χ3v) is 5.14. The van der Waals surface area contributed by atoms with Gasteiger partial charge in [0, 0.05) is 19.6 Å². The molecule has 1 aromatic rings. The molecule has 2 heterocycles. The van der Waals surface area contributed by atoms with Crippen molar-refractivity contribution in [3.63, 3.8) is 0 Å². The van der Waals surface area contributed by atoms with Crippen LogP contribution >= 0.6 is 12.4 Å². The highest BCUT2D eigenvalue weighted by atomic mass is 35.5. The maximum absolute atomic E-state index is 12.8. The lowest BCUT2D eigenvalue weighted by Gasteiger charge is -2.21. The third-order valence-electron chi connectivity index (χ3n) is 5.14. The fourth-order valence-corrected chi connectivity index (χ4v) is 3.58. The van der Waals surface area contributed by atoms with Crippen LogP contribution in [0.4, 0.5) is 9.18 Å². The smallest absolute Gasteiger partial charge is 0.315 e. The largest absolute Gasteiger partial charge is 0.341 e. The molecular formula is C18H26ClFN4O2. The van der Waals surface area contributed by atoms with Crippen LogP contribution in [0, 0.1) is 17.7 Å². The molecule has 0 saturated carbocycles. The van der Waals surface area contributed by atoms with Crippen LogP contribution in [0.3, 0.4) is 0 Å². The van der Waals surface area contributed by atoms with Crippen molar-refractivity contribution in [1.29, 1.82) is 0 Å². The first-order valence-corrected chi connectivity index (χ1v) is 8.86. The van der Waals surface area contributed by atoms with Crippen LogP contribution in [0.2, 0.25) is 0 Å². The van der Waals surface area contributed by atoms with E-state index in [1.165, 1.54) is 12.1 Å². The van der Waals surface area contributed by atoms with Crippen molar-refractivity contribution in [2.75, 3.05) is 32.7 Å². The monoisotopic (exact) mass is 384 g/mol. The van der Waals surface area contributed by atoms with Crippen molar-refractivity contribution >= 4 is 24.3 Å². The first kappa shape index (κ1) is 20.5. The number of amides is 3. The molecule has 0 aromatic heterocycles. The van der Waals surface area contributed by atoms with E-state index in [0.29, 0.717) is 18.4 Å². The van der Waals surface area contributed by atoms with Gasteiger partial charge in [-0.3, -0.25) is 4.79 Å². The number of likely N-dealkylation sites (tertiary alicyclic amines) is 1. The van der Waals surface area contributed by atoms with Crippen molar-refractivity contribution in [2.45, 2.75) is 19.4 Å². The second-order valence-electron chi connectivity index (χ2n) is 6.80. The second kappa shape index (κ2) is 9.73. The molecule has 0 spiro atoms. The molecule has 0 radical (unpaired) electrons. The average Bonchev–Trinajstić information content (AvgIpc) is 2.97. The van der Waals surface area contributed by atoms with E-state index in [2.05, 4.69) is 16.0 Å². The summed E-state index contributed by atoms with van der Waals surface area (Å²) >= 11 is 0. The number of nitrogens with one attached hydrogen (secondary N) is 3. The summed E-state index contributed by atoms with van der Waals surface area (Å²) in [6.45, 7) is 3.93. The Bertz CT molecular complexity index is 600. The summed E-state index contributed by atoms with van der Waals surface area (Å²) in [5.74, 6) is 0.996. The lowest BCUT2D eigenvalue weighted by molar-refractivity contribution is -0.130. The Morgan fingerprint density at radius 1 is 1.08 bits per heavy atom. The van der Waals surface area contributed by atoms with E-state index in [1.807, 2.05) is 4.90 Å². The van der Waals surface area contributed by atoms with E-state index in [0.717, 1.165) is 44.6 Å². The minimum Gasteiger partial charge on any atom is -0.341 e. The normalized spacial score (nSPS) is 22.0. The molecule has 0 aliphatic carbocycles. The highest BCUT2D eigenvalue weighted by Gasteiger charge is 2.31. The van der Waals surface area contributed by atoms with E-state index in [4.69, 9.17) is 0 Å². The van der Waals surface area contributed by atoms with Gasteiger partial charge in [-0.25, -0.2) is 9.18 Å². The molecule has 3 rings (SSSR count). The van der Waals surface area contributed by atoms with Gasteiger partial charge >= 0.3 is 6.03 Å². The summed E-state index contributed by atoms with van der Waals surface area (Å²) in [5.41, 5.74) is 0.801. The molecule has 144 valence electrons. The predicted octanol–water partition coefficient (Wildman–Crippen LogP) is 1.50. The van der Waals surface area contributed by atoms with Gasteiger partial charge in [0.2, 0.25) is 5.91 Å². The van der Waals surface area contributed by atoms with E-state index in [9.17, 15) is 14.0 Å². The molecule has 2 fully saturated rings. The van der Waals surface area contributed by atoms with Gasteiger partial charge in [-0.1, -0.05) is 12.1 Å². The lowest BCUT2D eigenvalue weighted by Crippen LogP contribution is -2.44. The molecule has 0 unspecified atom stereocenters. The minimum atomic E-state index is -0.395. The SMILES string of the molecule is Cl.O=C(NCC(=O)N1CC[C@@H]2CNC[C@@H]2CC1)NCc1ccc(F)cc1. The van der Waals surface area contributed by atoms with Gasteiger partial charge in [-0.15, -0.1) is 12.4 Å². The van der Waals surface area contributed by atoms with Crippen molar-refractivity contribution in [3.8, 4) is 0 Å². The van der Waals surface area contributed by atoms with Gasteiger partial charge in [0.1, 0.15) is 5.82 Å². The van der Waals surface area contributed by atoms with E-state index >= 15 is 0 Å². The average molecular weight is 385 g/mol. The van der Waals surface area contributed by atoms with E-state index < -0.39 is 6.03 Å². The number of hydrogen-bond acceptors (Lipinski definition) is 3. The van der Waals surface area contributed by atoms with Crippen LogP contribution in [0.1, 0.15) is 18.4 Å². The van der Waals surface area contributed by atoms with Crippen molar-refractivity contribution in [1.82, 2.24) is 20.9 Å². The number of carbonyl (C=O) groups excluding carboxylic acids is 2. The molecule has 2 atom stereocenters. The van der Waals surface area contributed by atoms with Crippen LogP contribution in [-0.2, 0) is 11.3 Å². The molecule has 8 heteroatoms. The number of hydrogen-bond donors (Lipinski definition) is 3. The van der Waals surface area contributed by atoms with Crippen LogP contribution in [0.15, 0.2) is 24.3 Å². The Hall–Kier alpha value is -1.86. The fourth-order valence-electron chi connectivity index (χ4n) is 3.58. The first-order valence-electron chi connectivity index (χ1n) is 8.86. The van der Waals surface area contributed by atoms with Gasteiger partial charge in [-0.05, 0) is 55.5 Å². The van der Waals surface area contributed by atoms with Gasteiger partial charge in [0.25, 0.3) is 0 Å². The fraction of sp³-hybridized carbons (Fsp3) is 0.556. The zero-order valence-corrected chi connectivity index (χ0v) is 15.5. The summed E-state index contributed by atoms with van der Waals surface area (Å²) in [6.07, 6.45) is 2.06. The Morgan fingerprint density at radius 2 is 1.69 bits per heavy atom. The number of carbonyl (C=O) groups is 2. The van der Waals surface area contributed by atoms with E-state index in [1.54, 1.807) is 12.1 Å². The zero-order chi connectivity index (χ0) is 17.6. The highest BCUT2D eigenvalue weighted by molar-refractivity contribution is 5.85. The Morgan fingerprint density at radius 3 is 2.31 bits per heavy atom. The minimum absolute atomic E-state index is 0. The topological polar surface area (TPSA) is 73.5 Å². The maximum atomic E-state index is 12.8. The number of halogens is 2. The molecule has 0 bridgehead atoms. The summed E-state index contributed by atoms with van der Waals surface area (Å²) < 4.78 is 12.8. The van der Waals surface area contributed by atoms with Crippen molar-refractivity contribution in [2.24, 2.45) is 11.8 Å². The zero-order valence-electron chi connectivity index (χ0n) is 14.7. The molecule has 6 nitrogen and oxygen atoms in total. The summed E-state index contributed by atoms with van der Waals surface area (Å²) in [6, 6.07) is 5.53. The molecule has 2 aliphatic heterocycles. The lowest BCUT2D eigenvalue weighted by atomic mass is 9.92. The summed E-state index contributed by atoms with van der Waals surface area (Å²) in [4.78, 5) is 26.0. The third kappa shape index (κ3) is 5.57. The Kier molecular flexibility index (Phi) is 7.66. The van der Waals surface area contributed by atoms with Crippen LogP contribution in [0.5, 0.6) is 0 Å². The van der Waals surface area contributed by atoms with Crippen LogP contribution in [-0.4, -0.2) is 49.6 Å². The van der Waals surface area contributed by atoms with Crippen LogP contribution < -0.4 is 16.0 Å². The number of rotatable bonds is 4. The first-order chi connectivity index (χ1) is 12.1. The standard InChI is InChI=1S/C18H25FN4O2.ClH/c19-16-3-1-13(2-4-16)9-21-18(25)22-12-17(24)23-7-5-14-10-20-11-15(14)6-8-23;/h1-4,14-15,20H,5-12H2,(H2,21,22,25);1H/t14-,15+;. The molecule has 2 saturated heterocycles. The van der Waals surface area contributed by atoms with E-state index in [-0.39, 0.29) is 30.7 Å². The van der Waals surface area contributed by atoms with Crippen LogP contribution in [0.25, 0.3) is 0 Å². The predicted molar refractivity (Wildman–Crippen MR) is 99.6 cm³/mol. The molecule has 26 heavy (non-hydrogen) atoms. The molecular weight excluding hydrogens is 359 g/mol. The van der Waals surface area contributed by atoms with Gasteiger partial charge in [0.05, 0.1) is 6.54 Å². The Labute approximate surface area is 159 Å². The molecule has 3 N–H and O–H groups in total. The van der Waals surface area contributed by atoms with Crippen molar-refractivity contribution < 1.29 is 14.0 Å². The number of urea groups is 1. The van der Waals surface area contributed by atoms with Gasteiger partial charge < -0.3 is 20.9 Å². The highest BCUT2D eigenvalue weighted by Crippen LogP contribution is 2.26. The molecule has 3 amide bonds. The number of nitrogens with zero attached hydrogens (tertiary/aromatic N) is 1. The number of benzene rings is 1. The molecule has 1 aromatic carbocycles. The summed E-state index contributed by atoms with van der Waals surface area (Å²) in [7, 11) is 0. The second-order valence-corrected chi connectivity index (χ2v) is 6.80. The quantitative estimate of drug-likeness (QED) is 0.736. The number of fused-ring (bicyclic) bond motifs is 1. The van der Waals surface area contributed by atoms with Crippen molar-refractivity contribution in [3.05, 3.63) is 35.6 Å². The molecule has 2 aliphatic rings.